The summed E-state index contributed by atoms with van der Waals surface area (Å²) in [6.07, 6.45) is -2.80. The zero-order chi connectivity index (χ0) is 11.6. The maximum atomic E-state index is 12.5. The van der Waals surface area contributed by atoms with Crippen LogP contribution in [0, 0.1) is 11.3 Å². The average Bonchev–Trinajstić information content (AvgIpc) is 2.17. The number of Topliss-reactive ketones (excluding diaryl/α,β-unsaturated/α-hetero) is 1. The Morgan fingerprint density at radius 1 is 1.53 bits per heavy atom. The minimum absolute atomic E-state index is 0.0613. The van der Waals surface area contributed by atoms with E-state index in [4.69, 9.17) is 16.9 Å². The van der Waals surface area contributed by atoms with E-state index in [1.807, 2.05) is 0 Å². The van der Waals surface area contributed by atoms with Crippen molar-refractivity contribution in [1.82, 2.24) is 0 Å². The van der Waals surface area contributed by atoms with Crippen molar-refractivity contribution in [1.29, 1.82) is 5.26 Å². The van der Waals surface area contributed by atoms with Gasteiger partial charge in [0.15, 0.2) is 5.78 Å². The highest BCUT2D eigenvalue weighted by Crippen LogP contribution is 2.30. The van der Waals surface area contributed by atoms with E-state index in [1.54, 1.807) is 6.07 Å². The quantitative estimate of drug-likeness (QED) is 0.730. The van der Waals surface area contributed by atoms with Crippen LogP contribution in [0.3, 0.4) is 0 Å². The maximum absolute atomic E-state index is 12.5. The van der Waals surface area contributed by atoms with E-state index in [-0.39, 0.29) is 21.9 Å². The third-order valence-corrected chi connectivity index (χ3v) is 2.28. The number of benzene rings is 1. The number of nitriles is 1. The smallest absolute Gasteiger partial charge is 0.265 e. The first-order valence-electron chi connectivity index (χ1n) is 4.00. The van der Waals surface area contributed by atoms with Crippen molar-refractivity contribution in [3.8, 4) is 6.07 Å². The molecule has 0 N–H and O–H groups in total. The molecule has 0 aromatic heterocycles. The summed E-state index contributed by atoms with van der Waals surface area (Å²) in [5.74, 6) is -0.384. The van der Waals surface area contributed by atoms with Crippen LogP contribution in [0.1, 0.15) is 34.8 Å². The lowest BCUT2D eigenvalue weighted by atomic mass is 10.0. The van der Waals surface area contributed by atoms with E-state index in [9.17, 15) is 13.6 Å². The molecule has 1 aromatic rings. The molecule has 0 unspecified atom stereocenters. The minimum Gasteiger partial charge on any atom is -0.295 e. The van der Waals surface area contributed by atoms with Crippen molar-refractivity contribution in [2.24, 2.45) is 0 Å². The van der Waals surface area contributed by atoms with Crippen LogP contribution in [0.25, 0.3) is 0 Å². The van der Waals surface area contributed by atoms with Gasteiger partial charge in [-0.2, -0.15) is 5.26 Å². The largest absolute Gasteiger partial charge is 0.295 e. The Kier molecular flexibility index (Phi) is 3.38. The number of hydrogen-bond acceptors (Lipinski definition) is 2. The van der Waals surface area contributed by atoms with Gasteiger partial charge >= 0.3 is 0 Å². The summed E-state index contributed by atoms with van der Waals surface area (Å²) < 4.78 is 25.0. The fourth-order valence-electron chi connectivity index (χ4n) is 1.09. The second-order valence-corrected chi connectivity index (χ2v) is 3.27. The van der Waals surface area contributed by atoms with Crippen LogP contribution in [0.2, 0.25) is 5.02 Å². The summed E-state index contributed by atoms with van der Waals surface area (Å²) in [5.41, 5.74) is -0.535. The molecule has 1 aromatic carbocycles. The van der Waals surface area contributed by atoms with Crippen molar-refractivity contribution in [3.05, 3.63) is 33.8 Å². The van der Waals surface area contributed by atoms with Crippen LogP contribution in [0.5, 0.6) is 0 Å². The van der Waals surface area contributed by atoms with Gasteiger partial charge in [-0.3, -0.25) is 4.79 Å². The third-order valence-electron chi connectivity index (χ3n) is 1.86. The average molecular weight is 230 g/mol. The van der Waals surface area contributed by atoms with Gasteiger partial charge in [0.1, 0.15) is 6.07 Å². The molecule has 0 saturated heterocycles. The molecule has 78 valence electrons. The predicted molar refractivity (Wildman–Crippen MR) is 51.1 cm³/mol. The zero-order valence-electron chi connectivity index (χ0n) is 7.72. The molecular weight excluding hydrogens is 224 g/mol. The standard InChI is InChI=1S/C10H6ClF2NO/c1-5(15)6-2-7(4-14)9(11)8(3-6)10(12)13/h2-3,10H,1H3. The SMILES string of the molecule is CC(=O)c1cc(C#N)c(Cl)c(C(F)F)c1. The molecule has 0 bridgehead atoms. The zero-order valence-corrected chi connectivity index (χ0v) is 8.48. The first-order chi connectivity index (χ1) is 6.97. The van der Waals surface area contributed by atoms with Crippen LogP contribution < -0.4 is 0 Å². The molecule has 15 heavy (non-hydrogen) atoms. The van der Waals surface area contributed by atoms with Gasteiger partial charge in [-0.25, -0.2) is 8.78 Å². The fourth-order valence-corrected chi connectivity index (χ4v) is 1.32. The second kappa shape index (κ2) is 4.37. The van der Waals surface area contributed by atoms with E-state index in [1.165, 1.54) is 13.0 Å². The number of hydrogen-bond donors (Lipinski definition) is 0. The number of alkyl halides is 2. The normalized spacial score (nSPS) is 10.1. The molecule has 0 fully saturated rings. The summed E-state index contributed by atoms with van der Waals surface area (Å²) in [6.45, 7) is 1.24. The molecule has 5 heteroatoms. The van der Waals surface area contributed by atoms with Crippen LogP contribution in [0.15, 0.2) is 12.1 Å². The lowest BCUT2D eigenvalue weighted by Crippen LogP contribution is -1.98. The van der Waals surface area contributed by atoms with E-state index >= 15 is 0 Å². The maximum Gasteiger partial charge on any atom is 0.265 e. The Balaban J connectivity index is 3.47. The topological polar surface area (TPSA) is 40.9 Å². The number of nitrogens with zero attached hydrogens (tertiary/aromatic N) is 1. The van der Waals surface area contributed by atoms with Crippen molar-refractivity contribution >= 4 is 17.4 Å². The molecule has 0 heterocycles. The van der Waals surface area contributed by atoms with Gasteiger partial charge in [-0.05, 0) is 19.1 Å². The summed E-state index contributed by atoms with van der Waals surface area (Å²) in [7, 11) is 0. The summed E-state index contributed by atoms with van der Waals surface area (Å²) in [6, 6.07) is 3.88. The Bertz CT molecular complexity index is 451. The Morgan fingerprint density at radius 3 is 2.53 bits per heavy atom. The number of carbonyl (C=O) groups excluding carboxylic acids is 1. The number of ketones is 1. The molecule has 0 aliphatic heterocycles. The summed E-state index contributed by atoms with van der Waals surface area (Å²) in [4.78, 5) is 11.0. The summed E-state index contributed by atoms with van der Waals surface area (Å²) in [5, 5.41) is 8.35. The minimum atomic E-state index is -2.80. The predicted octanol–water partition coefficient (Wildman–Crippen LogP) is 3.35. The van der Waals surface area contributed by atoms with Gasteiger partial charge in [0, 0.05) is 11.1 Å². The molecule has 0 radical (unpaired) electrons. The summed E-state index contributed by atoms with van der Waals surface area (Å²) >= 11 is 5.57. The lowest BCUT2D eigenvalue weighted by molar-refractivity contribution is 0.101. The Labute approximate surface area is 90.1 Å². The molecule has 0 spiro atoms. The Hall–Kier alpha value is -1.47. The highest BCUT2D eigenvalue weighted by Gasteiger charge is 2.17. The van der Waals surface area contributed by atoms with Crippen molar-refractivity contribution in [2.45, 2.75) is 13.3 Å². The number of halogens is 3. The molecular formula is C10H6ClF2NO. The Morgan fingerprint density at radius 2 is 2.13 bits per heavy atom. The molecule has 0 saturated carbocycles. The van der Waals surface area contributed by atoms with Crippen molar-refractivity contribution in [3.63, 3.8) is 0 Å². The van der Waals surface area contributed by atoms with Gasteiger partial charge in [-0.15, -0.1) is 0 Å². The van der Waals surface area contributed by atoms with Gasteiger partial charge in [0.2, 0.25) is 0 Å². The fraction of sp³-hybridized carbons (Fsp3) is 0.200. The molecule has 0 aliphatic carbocycles. The van der Waals surface area contributed by atoms with Crippen LogP contribution in [0.4, 0.5) is 8.78 Å². The third kappa shape index (κ3) is 2.31. The van der Waals surface area contributed by atoms with Gasteiger partial charge < -0.3 is 0 Å². The molecule has 2 nitrogen and oxygen atoms in total. The van der Waals surface area contributed by atoms with E-state index in [0.29, 0.717) is 0 Å². The van der Waals surface area contributed by atoms with E-state index in [2.05, 4.69) is 0 Å². The number of carbonyl (C=O) groups is 1. The highest BCUT2D eigenvalue weighted by atomic mass is 35.5. The molecule has 0 amide bonds. The number of rotatable bonds is 2. The van der Waals surface area contributed by atoms with E-state index in [0.717, 1.165) is 6.07 Å². The van der Waals surface area contributed by atoms with Gasteiger partial charge in [0.25, 0.3) is 6.43 Å². The van der Waals surface area contributed by atoms with Crippen molar-refractivity contribution in [2.75, 3.05) is 0 Å². The van der Waals surface area contributed by atoms with Crippen LogP contribution in [-0.4, -0.2) is 5.78 Å². The highest BCUT2D eigenvalue weighted by molar-refractivity contribution is 6.32. The first-order valence-corrected chi connectivity index (χ1v) is 4.37. The van der Waals surface area contributed by atoms with Crippen molar-refractivity contribution < 1.29 is 13.6 Å². The van der Waals surface area contributed by atoms with Gasteiger partial charge in [0.05, 0.1) is 10.6 Å². The molecule has 0 aliphatic rings. The van der Waals surface area contributed by atoms with E-state index < -0.39 is 12.0 Å². The molecule has 1 rings (SSSR count). The van der Waals surface area contributed by atoms with Crippen LogP contribution >= 0.6 is 11.6 Å². The lowest BCUT2D eigenvalue weighted by Gasteiger charge is -2.06. The first kappa shape index (κ1) is 11.6. The monoisotopic (exact) mass is 229 g/mol. The van der Waals surface area contributed by atoms with Gasteiger partial charge in [-0.1, -0.05) is 11.6 Å². The second-order valence-electron chi connectivity index (χ2n) is 2.90. The van der Waals surface area contributed by atoms with Crippen LogP contribution in [-0.2, 0) is 0 Å². The molecule has 0 atom stereocenters.